The summed E-state index contributed by atoms with van der Waals surface area (Å²) in [6.45, 7) is 0. The zero-order chi connectivity index (χ0) is 25.0. The van der Waals surface area contributed by atoms with Crippen LogP contribution in [0.15, 0.2) is 96.0 Å². The summed E-state index contributed by atoms with van der Waals surface area (Å²) in [6, 6.07) is 23.5. The minimum atomic E-state index is -3.34. The fourth-order valence-electron chi connectivity index (χ4n) is 3.63. The van der Waals surface area contributed by atoms with Crippen LogP contribution in [0, 0.1) is 0 Å². The Bertz CT molecular complexity index is 1430. The molecule has 8 nitrogen and oxygen atoms in total. The number of nitrogen functional groups attached to an aromatic ring is 1. The maximum absolute atomic E-state index is 13.3. The van der Waals surface area contributed by atoms with Gasteiger partial charge in [0.05, 0.1) is 22.8 Å². The van der Waals surface area contributed by atoms with Gasteiger partial charge in [0.2, 0.25) is 0 Å². The van der Waals surface area contributed by atoms with Crippen LogP contribution in [-0.2, 0) is 9.84 Å². The topological polar surface area (TPSA) is 135 Å². The highest BCUT2D eigenvalue weighted by molar-refractivity contribution is 7.90. The molecule has 3 aromatic carbocycles. The van der Waals surface area contributed by atoms with Crippen molar-refractivity contribution in [1.29, 1.82) is 0 Å². The fourth-order valence-corrected chi connectivity index (χ4v) is 4.27. The van der Waals surface area contributed by atoms with Crippen molar-refractivity contribution < 1.29 is 18.3 Å². The molecule has 9 heteroatoms. The van der Waals surface area contributed by atoms with Gasteiger partial charge in [-0.25, -0.2) is 18.4 Å². The van der Waals surface area contributed by atoms with E-state index in [9.17, 15) is 18.3 Å². The fraction of sp³-hybridized carbons (Fsp3) is 0.115. The number of aliphatic hydroxyl groups is 1. The molecule has 35 heavy (non-hydrogen) atoms. The van der Waals surface area contributed by atoms with Crippen LogP contribution in [0.2, 0.25) is 0 Å². The lowest BCUT2D eigenvalue weighted by Gasteiger charge is -2.25. The van der Waals surface area contributed by atoms with Gasteiger partial charge >= 0.3 is 0 Å². The summed E-state index contributed by atoms with van der Waals surface area (Å²) in [6.07, 6.45) is 1.51. The van der Waals surface area contributed by atoms with E-state index in [4.69, 9.17) is 5.73 Å². The number of nitrogens with zero attached hydrogens (tertiary/aromatic N) is 2. The Morgan fingerprint density at radius 1 is 0.914 bits per heavy atom. The second-order valence-electron chi connectivity index (χ2n) is 8.00. The van der Waals surface area contributed by atoms with Gasteiger partial charge < -0.3 is 16.2 Å². The lowest BCUT2D eigenvalue weighted by atomic mass is 9.95. The molecule has 0 aliphatic rings. The van der Waals surface area contributed by atoms with E-state index in [-0.39, 0.29) is 16.4 Å². The number of nitrogens with two attached hydrogens (primary N) is 1. The van der Waals surface area contributed by atoms with Crippen molar-refractivity contribution in [3.63, 3.8) is 0 Å². The van der Waals surface area contributed by atoms with Crippen molar-refractivity contribution >= 4 is 21.6 Å². The molecule has 1 heterocycles. The van der Waals surface area contributed by atoms with Crippen molar-refractivity contribution in [3.8, 4) is 11.3 Å². The number of anilines is 1. The molecule has 4 rings (SSSR count). The third kappa shape index (κ3) is 5.53. The molecule has 1 aromatic heterocycles. The first-order chi connectivity index (χ1) is 16.7. The van der Waals surface area contributed by atoms with E-state index >= 15 is 0 Å². The highest BCUT2D eigenvalue weighted by Crippen LogP contribution is 2.29. The van der Waals surface area contributed by atoms with Gasteiger partial charge in [0.15, 0.2) is 21.3 Å². The largest absolute Gasteiger partial charge is 0.386 e. The Kier molecular flexibility index (Phi) is 6.90. The normalized spacial score (nSPS) is 13.1. The van der Waals surface area contributed by atoms with E-state index in [0.29, 0.717) is 22.4 Å². The second-order valence-corrected chi connectivity index (χ2v) is 10.0. The van der Waals surface area contributed by atoms with Gasteiger partial charge in [0.1, 0.15) is 6.10 Å². The van der Waals surface area contributed by atoms with Gasteiger partial charge in [-0.3, -0.25) is 4.79 Å². The van der Waals surface area contributed by atoms with Crippen molar-refractivity contribution in [3.05, 3.63) is 108 Å². The first-order valence-corrected chi connectivity index (χ1v) is 12.6. The van der Waals surface area contributed by atoms with Crippen LogP contribution in [0.4, 0.5) is 5.82 Å². The van der Waals surface area contributed by atoms with Crippen molar-refractivity contribution in [2.24, 2.45) is 0 Å². The number of benzene rings is 3. The number of hydrogen-bond acceptors (Lipinski definition) is 7. The Labute approximate surface area is 203 Å². The molecule has 0 saturated heterocycles. The molecule has 0 aliphatic heterocycles. The minimum Gasteiger partial charge on any atom is -0.386 e. The maximum atomic E-state index is 13.3. The van der Waals surface area contributed by atoms with E-state index in [1.807, 2.05) is 48.5 Å². The summed E-state index contributed by atoms with van der Waals surface area (Å²) >= 11 is 0. The van der Waals surface area contributed by atoms with Gasteiger partial charge in [0.25, 0.3) is 5.91 Å². The number of nitrogens with one attached hydrogen (secondary N) is 1. The Morgan fingerprint density at radius 2 is 1.49 bits per heavy atom. The molecule has 4 N–H and O–H groups in total. The van der Waals surface area contributed by atoms with Crippen LogP contribution < -0.4 is 11.1 Å². The highest BCUT2D eigenvalue weighted by Gasteiger charge is 2.27. The quantitative estimate of drug-likeness (QED) is 0.363. The molecule has 0 aliphatic carbocycles. The second kappa shape index (κ2) is 10.0. The lowest BCUT2D eigenvalue weighted by molar-refractivity contribution is 0.0827. The maximum Gasteiger partial charge on any atom is 0.274 e. The van der Waals surface area contributed by atoms with Crippen LogP contribution in [0.5, 0.6) is 0 Å². The summed E-state index contributed by atoms with van der Waals surface area (Å²) in [7, 11) is -3.34. The Hall–Kier alpha value is -4.08. The average Bonchev–Trinajstić information content (AvgIpc) is 2.87. The average molecular weight is 489 g/mol. The number of carbonyl (C=O) groups is 1. The summed E-state index contributed by atoms with van der Waals surface area (Å²) in [5.74, 6) is -0.673. The van der Waals surface area contributed by atoms with Crippen molar-refractivity contribution in [2.75, 3.05) is 12.0 Å². The van der Waals surface area contributed by atoms with Gasteiger partial charge in [-0.15, -0.1) is 0 Å². The molecule has 0 bridgehead atoms. The zero-order valence-corrected chi connectivity index (χ0v) is 19.7. The first-order valence-electron chi connectivity index (χ1n) is 10.8. The van der Waals surface area contributed by atoms with E-state index in [1.165, 1.54) is 18.3 Å². The van der Waals surface area contributed by atoms with Gasteiger partial charge in [-0.2, -0.15) is 0 Å². The van der Waals surface area contributed by atoms with Crippen LogP contribution in [-0.4, -0.2) is 35.7 Å². The van der Waals surface area contributed by atoms with Gasteiger partial charge in [0, 0.05) is 11.8 Å². The molecule has 1 amide bonds. The molecule has 2 atom stereocenters. The molecular weight excluding hydrogens is 464 g/mol. The summed E-state index contributed by atoms with van der Waals surface area (Å²) in [5.41, 5.74) is 8.14. The summed E-state index contributed by atoms with van der Waals surface area (Å²) < 4.78 is 23.5. The molecule has 0 fully saturated rings. The number of aliphatic hydroxyl groups excluding tert-OH is 1. The van der Waals surface area contributed by atoms with Gasteiger partial charge in [-0.1, -0.05) is 72.8 Å². The van der Waals surface area contributed by atoms with Crippen LogP contribution >= 0.6 is 0 Å². The first kappa shape index (κ1) is 24.1. The summed E-state index contributed by atoms with van der Waals surface area (Å²) in [4.78, 5) is 21.9. The van der Waals surface area contributed by atoms with Crippen LogP contribution in [0.1, 0.15) is 33.8 Å². The Morgan fingerprint density at radius 3 is 2.06 bits per heavy atom. The smallest absolute Gasteiger partial charge is 0.274 e. The predicted molar refractivity (Wildman–Crippen MR) is 133 cm³/mol. The molecule has 0 radical (unpaired) electrons. The number of hydrogen-bond donors (Lipinski definition) is 3. The monoisotopic (exact) mass is 488 g/mol. The number of rotatable bonds is 7. The molecular formula is C26H24N4O4S. The van der Waals surface area contributed by atoms with Gasteiger partial charge in [-0.05, 0) is 23.3 Å². The molecule has 4 aromatic rings. The third-order valence-electron chi connectivity index (χ3n) is 5.50. The molecule has 178 valence electrons. The van der Waals surface area contributed by atoms with E-state index in [0.717, 1.165) is 6.26 Å². The standard InChI is InChI=1S/C26H24N4O4S/c1-35(33,34)20-14-12-17(13-15-20)21-16-28-25(27)23(29-21)26(32)30-22(18-8-4-2-5-9-18)24(31)19-10-6-3-7-11-19/h2-16,22,24,31H,1H3,(H2,27,28)(H,30,32)/t22-,24-/m0/s1. The SMILES string of the molecule is CS(=O)(=O)c1ccc(-c2cnc(N)c(C(=O)N[C@@H](c3ccccc3)[C@@H](O)c3ccccc3)n2)cc1. The Balaban J connectivity index is 1.65. The number of sulfone groups is 1. The van der Waals surface area contributed by atoms with Crippen LogP contribution in [0.3, 0.4) is 0 Å². The summed E-state index contributed by atoms with van der Waals surface area (Å²) in [5, 5.41) is 13.9. The highest BCUT2D eigenvalue weighted by atomic mass is 32.2. The van der Waals surface area contributed by atoms with Crippen molar-refractivity contribution in [2.45, 2.75) is 17.0 Å². The number of aromatic nitrogens is 2. The molecule has 0 saturated carbocycles. The number of amides is 1. The predicted octanol–water partition coefficient (Wildman–Crippen LogP) is 3.33. The van der Waals surface area contributed by atoms with E-state index in [2.05, 4.69) is 15.3 Å². The lowest BCUT2D eigenvalue weighted by Crippen LogP contribution is -2.34. The van der Waals surface area contributed by atoms with E-state index < -0.39 is 27.9 Å². The third-order valence-corrected chi connectivity index (χ3v) is 6.62. The zero-order valence-electron chi connectivity index (χ0n) is 18.9. The number of carbonyl (C=O) groups excluding carboxylic acids is 1. The molecule has 0 unspecified atom stereocenters. The molecule has 0 spiro atoms. The van der Waals surface area contributed by atoms with E-state index in [1.54, 1.807) is 24.3 Å². The minimum absolute atomic E-state index is 0.0694. The van der Waals surface area contributed by atoms with Crippen molar-refractivity contribution in [1.82, 2.24) is 15.3 Å². The van der Waals surface area contributed by atoms with Crippen LogP contribution in [0.25, 0.3) is 11.3 Å².